The van der Waals surface area contributed by atoms with Crippen LogP contribution in [0.2, 0.25) is 0 Å². The van der Waals surface area contributed by atoms with Crippen LogP contribution >= 0.6 is 11.3 Å². The number of anilines is 1. The van der Waals surface area contributed by atoms with Crippen molar-refractivity contribution in [1.29, 1.82) is 5.26 Å². The number of nitriles is 1. The molecule has 1 aliphatic rings. The number of carbonyl (C=O) groups excluding carboxylic acids is 2. The molecule has 2 heterocycles. The fraction of sp³-hybridized carbons (Fsp3) is 0.381. The van der Waals surface area contributed by atoms with Crippen LogP contribution in [0.15, 0.2) is 18.2 Å². The van der Waals surface area contributed by atoms with Crippen LogP contribution in [0, 0.1) is 11.3 Å². The summed E-state index contributed by atoms with van der Waals surface area (Å²) in [6.07, 6.45) is 0.747. The lowest BCUT2D eigenvalue weighted by atomic mass is 10.0. The molecule has 0 unspecified atom stereocenters. The highest BCUT2D eigenvalue weighted by molar-refractivity contribution is 7.18. The van der Waals surface area contributed by atoms with Crippen LogP contribution in [0.1, 0.15) is 47.1 Å². The van der Waals surface area contributed by atoms with Gasteiger partial charge in [-0.25, -0.2) is 9.59 Å². The number of ether oxygens (including phenoxy) is 4. The second-order valence-electron chi connectivity index (χ2n) is 7.21. The molecule has 0 atom stereocenters. The maximum absolute atomic E-state index is 12.2. The van der Waals surface area contributed by atoms with Crippen molar-refractivity contribution in [3.8, 4) is 17.6 Å². The number of rotatable bonds is 7. The van der Waals surface area contributed by atoms with Crippen LogP contribution in [0.5, 0.6) is 11.5 Å². The smallest absolute Gasteiger partial charge is 0.348 e. The highest BCUT2D eigenvalue weighted by Gasteiger charge is 2.32. The number of esters is 2. The number of nitrogens with zero attached hydrogens (tertiary/aromatic N) is 1. The van der Waals surface area contributed by atoms with E-state index in [1.165, 1.54) is 0 Å². The lowest BCUT2D eigenvalue weighted by Crippen LogP contribution is -2.24. The van der Waals surface area contributed by atoms with Crippen LogP contribution in [-0.2, 0) is 27.3 Å². The summed E-state index contributed by atoms with van der Waals surface area (Å²) in [5, 5.41) is 9.49. The standard InChI is InChI=1S/C21H22N2O6S/c1-4-26-20(25)18-14(13(9-22)19(23)30-18)10-28-16(24)11-27-15-7-5-6-12-8-21(2,3)29-17(12)15/h5-7H,4,8,10-11,23H2,1-3H3. The van der Waals surface area contributed by atoms with Gasteiger partial charge in [-0.3, -0.25) is 0 Å². The van der Waals surface area contributed by atoms with Gasteiger partial charge in [-0.15, -0.1) is 11.3 Å². The SMILES string of the molecule is CCOC(=O)c1sc(N)c(C#N)c1COC(=O)COc1cccc2c1OC(C)(C)C2. The van der Waals surface area contributed by atoms with Gasteiger partial charge in [-0.1, -0.05) is 12.1 Å². The van der Waals surface area contributed by atoms with Gasteiger partial charge in [0.05, 0.1) is 12.2 Å². The Hall–Kier alpha value is -3.25. The summed E-state index contributed by atoms with van der Waals surface area (Å²) in [6.45, 7) is 5.16. The number of nitrogens with two attached hydrogens (primary N) is 1. The number of benzene rings is 1. The van der Waals surface area contributed by atoms with Crippen molar-refractivity contribution in [2.75, 3.05) is 18.9 Å². The molecular weight excluding hydrogens is 408 g/mol. The third-order valence-corrected chi connectivity index (χ3v) is 5.43. The molecule has 0 spiro atoms. The second-order valence-corrected chi connectivity index (χ2v) is 8.27. The Labute approximate surface area is 178 Å². The summed E-state index contributed by atoms with van der Waals surface area (Å²) in [7, 11) is 0. The van der Waals surface area contributed by atoms with Crippen molar-refractivity contribution in [3.05, 3.63) is 39.8 Å². The zero-order chi connectivity index (χ0) is 21.9. The molecule has 0 amide bonds. The van der Waals surface area contributed by atoms with Gasteiger partial charge in [0.25, 0.3) is 0 Å². The Bertz CT molecular complexity index is 1020. The molecule has 3 rings (SSSR count). The molecule has 0 saturated carbocycles. The van der Waals surface area contributed by atoms with E-state index in [0.717, 1.165) is 23.3 Å². The van der Waals surface area contributed by atoms with E-state index in [4.69, 9.17) is 24.7 Å². The van der Waals surface area contributed by atoms with E-state index in [2.05, 4.69) is 0 Å². The van der Waals surface area contributed by atoms with Crippen LogP contribution in [0.4, 0.5) is 5.00 Å². The molecule has 1 aliphatic heterocycles. The first-order chi connectivity index (χ1) is 14.3. The number of hydrogen-bond acceptors (Lipinski definition) is 9. The minimum Gasteiger partial charge on any atom is -0.483 e. The summed E-state index contributed by atoms with van der Waals surface area (Å²) < 4.78 is 21.7. The molecule has 0 bridgehead atoms. The normalized spacial score (nSPS) is 13.7. The second kappa shape index (κ2) is 8.63. The van der Waals surface area contributed by atoms with Crippen LogP contribution in [0.3, 0.4) is 0 Å². The van der Waals surface area contributed by atoms with Gasteiger partial charge in [0.1, 0.15) is 28.2 Å². The van der Waals surface area contributed by atoms with E-state index >= 15 is 0 Å². The molecule has 9 heteroatoms. The van der Waals surface area contributed by atoms with E-state index in [1.54, 1.807) is 13.0 Å². The molecule has 2 aromatic rings. The molecule has 158 valence electrons. The van der Waals surface area contributed by atoms with E-state index in [0.29, 0.717) is 11.5 Å². The van der Waals surface area contributed by atoms with E-state index in [-0.39, 0.29) is 46.4 Å². The molecule has 0 fully saturated rings. The van der Waals surface area contributed by atoms with Crippen molar-refractivity contribution < 1.29 is 28.5 Å². The molecule has 0 saturated heterocycles. The monoisotopic (exact) mass is 430 g/mol. The Kier molecular flexibility index (Phi) is 6.17. The fourth-order valence-electron chi connectivity index (χ4n) is 3.14. The lowest BCUT2D eigenvalue weighted by molar-refractivity contribution is -0.147. The number of hydrogen-bond donors (Lipinski definition) is 1. The minimum atomic E-state index is -0.659. The minimum absolute atomic E-state index is 0.105. The van der Waals surface area contributed by atoms with Gasteiger partial charge in [0.15, 0.2) is 18.1 Å². The molecule has 0 aliphatic carbocycles. The van der Waals surface area contributed by atoms with Gasteiger partial charge < -0.3 is 24.7 Å². The third-order valence-electron chi connectivity index (χ3n) is 4.38. The third kappa shape index (κ3) is 4.49. The molecule has 1 aromatic heterocycles. The largest absolute Gasteiger partial charge is 0.483 e. The first kappa shape index (κ1) is 21.5. The van der Waals surface area contributed by atoms with Crippen LogP contribution < -0.4 is 15.2 Å². The van der Waals surface area contributed by atoms with Gasteiger partial charge in [-0.2, -0.15) is 5.26 Å². The van der Waals surface area contributed by atoms with Crippen molar-refractivity contribution in [3.63, 3.8) is 0 Å². The van der Waals surface area contributed by atoms with Crippen LogP contribution in [0.25, 0.3) is 0 Å². The van der Waals surface area contributed by atoms with Gasteiger partial charge in [-0.05, 0) is 26.8 Å². The lowest BCUT2D eigenvalue weighted by Gasteiger charge is -2.18. The first-order valence-corrected chi connectivity index (χ1v) is 10.1. The topological polar surface area (TPSA) is 121 Å². The Morgan fingerprint density at radius 3 is 2.80 bits per heavy atom. The predicted molar refractivity (Wildman–Crippen MR) is 110 cm³/mol. The summed E-state index contributed by atoms with van der Waals surface area (Å²) in [5.41, 5.74) is 6.83. The highest BCUT2D eigenvalue weighted by atomic mass is 32.1. The van der Waals surface area contributed by atoms with Gasteiger partial charge in [0.2, 0.25) is 0 Å². The van der Waals surface area contributed by atoms with Crippen molar-refractivity contribution in [2.24, 2.45) is 0 Å². The van der Waals surface area contributed by atoms with Crippen molar-refractivity contribution >= 4 is 28.3 Å². The van der Waals surface area contributed by atoms with Gasteiger partial charge >= 0.3 is 11.9 Å². The Morgan fingerprint density at radius 1 is 1.33 bits per heavy atom. The molecule has 30 heavy (non-hydrogen) atoms. The van der Waals surface area contributed by atoms with Gasteiger partial charge in [0, 0.05) is 17.5 Å². The number of thiophene rings is 1. The first-order valence-electron chi connectivity index (χ1n) is 9.33. The number of nitrogen functional groups attached to an aromatic ring is 1. The Morgan fingerprint density at radius 2 is 2.10 bits per heavy atom. The highest BCUT2D eigenvalue weighted by Crippen LogP contribution is 2.41. The quantitative estimate of drug-likeness (QED) is 0.665. The number of fused-ring (bicyclic) bond motifs is 1. The molecule has 8 nitrogen and oxygen atoms in total. The van der Waals surface area contributed by atoms with E-state index in [1.807, 2.05) is 32.0 Å². The zero-order valence-electron chi connectivity index (χ0n) is 16.9. The van der Waals surface area contributed by atoms with Crippen molar-refractivity contribution in [1.82, 2.24) is 0 Å². The molecule has 2 N–H and O–H groups in total. The predicted octanol–water partition coefficient (Wildman–Crippen LogP) is 3.21. The molecule has 0 radical (unpaired) electrons. The van der Waals surface area contributed by atoms with Crippen LogP contribution in [-0.4, -0.2) is 30.8 Å². The maximum Gasteiger partial charge on any atom is 0.348 e. The van der Waals surface area contributed by atoms with Crippen molar-refractivity contribution in [2.45, 2.75) is 39.4 Å². The summed E-state index contributed by atoms with van der Waals surface area (Å²) in [5.74, 6) is -0.192. The van der Waals surface area contributed by atoms with E-state index in [9.17, 15) is 14.9 Å². The fourth-order valence-corrected chi connectivity index (χ4v) is 4.06. The average molecular weight is 430 g/mol. The summed E-state index contributed by atoms with van der Waals surface area (Å²) in [6, 6.07) is 7.45. The Balaban J connectivity index is 1.65. The maximum atomic E-state index is 12.2. The molecule has 1 aromatic carbocycles. The number of carbonyl (C=O) groups is 2. The molecular formula is C21H22N2O6S. The zero-order valence-corrected chi connectivity index (χ0v) is 17.8. The number of para-hydroxylation sites is 1. The summed E-state index contributed by atoms with van der Waals surface area (Å²) in [4.78, 5) is 24.5. The summed E-state index contributed by atoms with van der Waals surface area (Å²) >= 11 is 0.930. The average Bonchev–Trinajstić information content (AvgIpc) is 3.19. The van der Waals surface area contributed by atoms with E-state index < -0.39 is 11.9 Å².